The van der Waals surface area contributed by atoms with Crippen LogP contribution in [-0.4, -0.2) is 5.84 Å². The second-order valence-corrected chi connectivity index (χ2v) is 2.35. The zero-order valence-corrected chi connectivity index (χ0v) is 6.83. The molecule has 0 unspecified atom stereocenters. The lowest BCUT2D eigenvalue weighted by Crippen LogP contribution is -2.10. The molecule has 1 rings (SSSR count). The first kappa shape index (κ1) is 8.83. The molecule has 3 nitrogen and oxygen atoms in total. The first-order chi connectivity index (χ1) is 6.24. The molecular formula is C10H7N3. The highest BCUT2D eigenvalue weighted by Gasteiger charge is 1.93. The lowest BCUT2D eigenvalue weighted by molar-refractivity contribution is 1.42. The van der Waals surface area contributed by atoms with E-state index < -0.39 is 0 Å². The maximum Gasteiger partial charge on any atom is 0.152 e. The van der Waals surface area contributed by atoms with Crippen LogP contribution < -0.4 is 5.73 Å². The molecule has 0 fully saturated rings. The molecule has 0 saturated heterocycles. The molecule has 0 aromatic heterocycles. The highest BCUT2D eigenvalue weighted by Crippen LogP contribution is 2.01. The van der Waals surface area contributed by atoms with Crippen LogP contribution >= 0.6 is 0 Å². The average Bonchev–Trinajstić information content (AvgIpc) is 2.15. The number of nitriles is 1. The predicted molar refractivity (Wildman–Crippen MR) is 49.9 cm³/mol. The van der Waals surface area contributed by atoms with Crippen LogP contribution in [0.25, 0.3) is 0 Å². The zero-order valence-electron chi connectivity index (χ0n) is 6.83. The van der Waals surface area contributed by atoms with Crippen molar-refractivity contribution in [2.24, 2.45) is 5.73 Å². The number of hydrogen-bond acceptors (Lipinski definition) is 2. The van der Waals surface area contributed by atoms with Gasteiger partial charge in [0.2, 0.25) is 0 Å². The summed E-state index contributed by atoms with van der Waals surface area (Å²) in [6.07, 6.45) is 0. The van der Waals surface area contributed by atoms with E-state index in [1.165, 1.54) is 0 Å². The van der Waals surface area contributed by atoms with Gasteiger partial charge in [-0.2, -0.15) is 5.26 Å². The molecule has 0 aliphatic rings. The Morgan fingerprint density at radius 3 is 2.38 bits per heavy atom. The monoisotopic (exact) mass is 169 g/mol. The van der Waals surface area contributed by atoms with E-state index >= 15 is 0 Å². The summed E-state index contributed by atoms with van der Waals surface area (Å²) in [7, 11) is 0. The average molecular weight is 169 g/mol. The third kappa shape index (κ3) is 2.36. The van der Waals surface area contributed by atoms with Gasteiger partial charge in [0.05, 0.1) is 0 Å². The molecule has 62 valence electrons. The third-order valence-electron chi connectivity index (χ3n) is 1.46. The Morgan fingerprint density at radius 2 is 1.92 bits per heavy atom. The quantitative estimate of drug-likeness (QED) is 0.371. The first-order valence-electron chi connectivity index (χ1n) is 3.58. The second-order valence-electron chi connectivity index (χ2n) is 2.35. The number of nitrogens with zero attached hydrogens (tertiary/aromatic N) is 1. The summed E-state index contributed by atoms with van der Waals surface area (Å²) in [5, 5.41) is 15.3. The normalized spacial score (nSPS) is 7.92. The molecule has 0 aliphatic heterocycles. The zero-order chi connectivity index (χ0) is 9.68. The highest BCUT2D eigenvalue weighted by molar-refractivity contribution is 5.94. The van der Waals surface area contributed by atoms with Gasteiger partial charge in [0.25, 0.3) is 0 Å². The van der Waals surface area contributed by atoms with Crippen LogP contribution in [0.5, 0.6) is 0 Å². The molecule has 3 N–H and O–H groups in total. The highest BCUT2D eigenvalue weighted by atomic mass is 14.7. The van der Waals surface area contributed by atoms with Crippen LogP contribution in [0.2, 0.25) is 0 Å². The fraction of sp³-hybridized carbons (Fsp3) is 0. The lowest BCUT2D eigenvalue weighted by atomic mass is 10.1. The molecule has 0 aliphatic carbocycles. The second kappa shape index (κ2) is 3.94. The van der Waals surface area contributed by atoms with Crippen molar-refractivity contribution >= 4 is 5.84 Å². The van der Waals surface area contributed by atoms with Gasteiger partial charge in [-0.25, -0.2) is 0 Å². The summed E-state index contributed by atoms with van der Waals surface area (Å²) in [5.74, 6) is 4.95. The molecule has 0 bridgehead atoms. The number of amidine groups is 1. The maximum atomic E-state index is 8.19. The summed E-state index contributed by atoms with van der Waals surface area (Å²) in [5.41, 5.74) is 6.66. The smallest absolute Gasteiger partial charge is 0.152 e. The van der Waals surface area contributed by atoms with Crippen LogP contribution in [0.3, 0.4) is 0 Å². The van der Waals surface area contributed by atoms with Gasteiger partial charge in [-0.1, -0.05) is 18.1 Å². The minimum Gasteiger partial charge on any atom is -0.384 e. The van der Waals surface area contributed by atoms with Crippen LogP contribution in [0.15, 0.2) is 24.3 Å². The Bertz CT molecular complexity index is 412. The topological polar surface area (TPSA) is 73.7 Å². The summed E-state index contributed by atoms with van der Waals surface area (Å²) < 4.78 is 0. The van der Waals surface area contributed by atoms with Gasteiger partial charge in [0, 0.05) is 17.0 Å². The maximum absolute atomic E-state index is 8.19. The number of hydrogen-bond donors (Lipinski definition) is 2. The number of nitrogens with two attached hydrogens (primary N) is 1. The Morgan fingerprint density at radius 1 is 1.31 bits per heavy atom. The van der Waals surface area contributed by atoms with E-state index in [1.807, 2.05) is 0 Å². The van der Waals surface area contributed by atoms with E-state index in [9.17, 15) is 0 Å². The van der Waals surface area contributed by atoms with E-state index in [0.717, 1.165) is 5.56 Å². The summed E-state index contributed by atoms with van der Waals surface area (Å²) in [6.45, 7) is 0. The first-order valence-corrected chi connectivity index (χ1v) is 3.58. The van der Waals surface area contributed by atoms with Gasteiger partial charge < -0.3 is 5.73 Å². The number of rotatable bonds is 1. The lowest BCUT2D eigenvalue weighted by Gasteiger charge is -1.96. The molecule has 1 aromatic carbocycles. The van der Waals surface area contributed by atoms with Gasteiger partial charge in [-0.3, -0.25) is 5.41 Å². The van der Waals surface area contributed by atoms with E-state index in [1.54, 1.807) is 30.3 Å². The predicted octanol–water partition coefficient (Wildman–Crippen LogP) is 0.846. The van der Waals surface area contributed by atoms with Crippen LogP contribution in [0.1, 0.15) is 11.1 Å². The van der Waals surface area contributed by atoms with E-state index in [0.29, 0.717) is 5.56 Å². The Labute approximate surface area is 76.3 Å². The molecule has 0 spiro atoms. The van der Waals surface area contributed by atoms with Crippen LogP contribution in [0.4, 0.5) is 0 Å². The van der Waals surface area contributed by atoms with E-state index in [4.69, 9.17) is 16.4 Å². The van der Waals surface area contributed by atoms with Crippen molar-refractivity contribution in [3.05, 3.63) is 35.4 Å². The van der Waals surface area contributed by atoms with Crippen molar-refractivity contribution in [3.63, 3.8) is 0 Å². The largest absolute Gasteiger partial charge is 0.384 e. The molecule has 13 heavy (non-hydrogen) atoms. The minimum absolute atomic E-state index is 0.0276. The molecule has 1 aromatic rings. The van der Waals surface area contributed by atoms with E-state index in [-0.39, 0.29) is 5.84 Å². The number of nitrogens with one attached hydrogen (secondary N) is 1. The Balaban J connectivity index is 2.95. The van der Waals surface area contributed by atoms with Crippen LogP contribution in [-0.2, 0) is 0 Å². The minimum atomic E-state index is 0.0276. The molecule has 0 radical (unpaired) electrons. The van der Waals surface area contributed by atoms with Crippen molar-refractivity contribution < 1.29 is 0 Å². The Kier molecular flexibility index (Phi) is 2.68. The molecule has 0 atom stereocenters. The summed E-state index contributed by atoms with van der Waals surface area (Å²) >= 11 is 0. The van der Waals surface area contributed by atoms with Crippen molar-refractivity contribution in [2.45, 2.75) is 0 Å². The van der Waals surface area contributed by atoms with Gasteiger partial charge in [0.1, 0.15) is 5.84 Å². The SMILES string of the molecule is N#CC#Cc1ccc(C(=N)N)cc1. The van der Waals surface area contributed by atoms with Crippen LogP contribution in [0, 0.1) is 28.6 Å². The fourth-order valence-electron chi connectivity index (χ4n) is 0.833. The Hall–Kier alpha value is -2.26. The van der Waals surface area contributed by atoms with Gasteiger partial charge in [0.15, 0.2) is 6.07 Å². The van der Waals surface area contributed by atoms with Gasteiger partial charge in [-0.15, -0.1) is 0 Å². The molecule has 0 heterocycles. The summed E-state index contributed by atoms with van der Waals surface area (Å²) in [4.78, 5) is 0. The molecule has 0 saturated carbocycles. The standard InChI is InChI=1S/C10H7N3/c11-7-1-2-8-3-5-9(6-4-8)10(12)13/h3-6H,(H3,12,13). The number of benzene rings is 1. The number of nitrogen functional groups attached to an aromatic ring is 1. The third-order valence-corrected chi connectivity index (χ3v) is 1.46. The molecule has 3 heteroatoms. The fourth-order valence-corrected chi connectivity index (χ4v) is 0.833. The van der Waals surface area contributed by atoms with Crippen molar-refractivity contribution in [1.29, 1.82) is 10.7 Å². The van der Waals surface area contributed by atoms with Gasteiger partial charge >= 0.3 is 0 Å². The molecule has 0 amide bonds. The van der Waals surface area contributed by atoms with Crippen molar-refractivity contribution in [3.8, 4) is 17.9 Å². The van der Waals surface area contributed by atoms with Crippen molar-refractivity contribution in [2.75, 3.05) is 0 Å². The van der Waals surface area contributed by atoms with Crippen molar-refractivity contribution in [1.82, 2.24) is 0 Å². The van der Waals surface area contributed by atoms with E-state index in [2.05, 4.69) is 11.8 Å². The van der Waals surface area contributed by atoms with Gasteiger partial charge in [-0.05, 0) is 12.1 Å². The summed E-state index contributed by atoms with van der Waals surface area (Å²) in [6, 6.07) is 8.57. The molecular weight excluding hydrogens is 162 g/mol.